The molecule has 2 aromatic carbocycles. The first-order chi connectivity index (χ1) is 30.7. The van der Waals surface area contributed by atoms with Crippen molar-refractivity contribution in [3.05, 3.63) is 132 Å². The third-order valence-electron chi connectivity index (χ3n) is 11.1. The summed E-state index contributed by atoms with van der Waals surface area (Å²) in [5.74, 6) is -1.32. The van der Waals surface area contributed by atoms with Crippen molar-refractivity contribution in [1.29, 1.82) is 0 Å². The molecule has 8 aromatic rings. The molecule has 1 saturated heterocycles. The molecule has 14 nitrogen and oxygen atoms in total. The number of hydrogen-bond acceptors (Lipinski definition) is 11. The third kappa shape index (κ3) is 10.5. The van der Waals surface area contributed by atoms with Crippen molar-refractivity contribution >= 4 is 33.7 Å². The number of nitrogens with one attached hydrogen (secondary N) is 3. The Kier molecular flexibility index (Phi) is 13.3. The second-order valence-corrected chi connectivity index (χ2v) is 15.8. The average Bonchev–Trinajstić information content (AvgIpc) is 4.01. The van der Waals surface area contributed by atoms with Gasteiger partial charge in [-0.25, -0.2) is 19.6 Å². The number of nitrogens with zero attached hydrogens (tertiary/aromatic N) is 6. The number of aromatic amines is 2. The molecule has 0 atom stereocenters. The Balaban J connectivity index is 0.000000152. The van der Waals surface area contributed by atoms with Gasteiger partial charge in [0.2, 0.25) is 0 Å². The van der Waals surface area contributed by atoms with Crippen molar-refractivity contribution in [2.75, 3.05) is 13.1 Å². The van der Waals surface area contributed by atoms with E-state index in [0.717, 1.165) is 117 Å². The van der Waals surface area contributed by atoms with Crippen molar-refractivity contribution in [3.8, 4) is 45.3 Å². The van der Waals surface area contributed by atoms with Crippen LogP contribution in [0.3, 0.4) is 0 Å². The topological polar surface area (TPSA) is 205 Å². The van der Waals surface area contributed by atoms with Crippen molar-refractivity contribution in [2.24, 2.45) is 0 Å². The second-order valence-electron chi connectivity index (χ2n) is 15.8. The molecule has 1 aliphatic carbocycles. The van der Waals surface area contributed by atoms with Gasteiger partial charge in [0, 0.05) is 45.7 Å². The molecule has 10 rings (SSSR count). The molecule has 2 aliphatic rings. The number of H-pyrrole nitrogens is 2. The molecule has 0 radical (unpaired) electrons. The summed E-state index contributed by atoms with van der Waals surface area (Å²) in [5, 5.41) is 23.0. The number of esters is 1. The Labute approximate surface area is 364 Å². The number of fused-ring (bicyclic) bond motifs is 2. The number of rotatable bonds is 7. The molecule has 6 aromatic heterocycles. The molecule has 0 bridgehead atoms. The van der Waals surface area contributed by atoms with Crippen LogP contribution in [0.15, 0.2) is 110 Å². The highest BCUT2D eigenvalue weighted by Crippen LogP contribution is 2.32. The molecule has 14 heteroatoms. The zero-order chi connectivity index (χ0) is 43.7. The van der Waals surface area contributed by atoms with Gasteiger partial charge in [-0.05, 0) is 113 Å². The summed E-state index contributed by atoms with van der Waals surface area (Å²) in [4.78, 5) is 56.9. The number of aryl methyl sites for hydroxylation is 2. The van der Waals surface area contributed by atoms with Crippen LogP contribution in [-0.4, -0.2) is 87.3 Å². The number of carbonyl (C=O) groups excluding carboxylic acids is 1. The van der Waals surface area contributed by atoms with E-state index in [9.17, 15) is 9.59 Å². The minimum atomic E-state index is -0.996. The first-order valence-corrected chi connectivity index (χ1v) is 21.3. The van der Waals surface area contributed by atoms with Crippen LogP contribution in [0, 0.1) is 13.8 Å². The van der Waals surface area contributed by atoms with Gasteiger partial charge >= 0.3 is 11.9 Å². The fourth-order valence-corrected chi connectivity index (χ4v) is 7.78. The van der Waals surface area contributed by atoms with Crippen LogP contribution in [0.1, 0.15) is 77.0 Å². The Morgan fingerprint density at radius 3 is 1.65 bits per heavy atom. The lowest BCUT2D eigenvalue weighted by Crippen LogP contribution is -2.33. The zero-order valence-corrected chi connectivity index (χ0v) is 35.2. The molecule has 63 heavy (non-hydrogen) atoms. The number of hydrogen-bond donors (Lipinski definition) is 5. The quantitative estimate of drug-likeness (QED) is 0.0955. The molecule has 5 N–H and O–H groups in total. The summed E-state index contributed by atoms with van der Waals surface area (Å²) >= 11 is 0. The van der Waals surface area contributed by atoms with Crippen molar-refractivity contribution in [3.63, 3.8) is 0 Å². The summed E-state index contributed by atoms with van der Waals surface area (Å²) in [7, 11) is 0. The standard InChI is InChI=1S/C24H23N5O2.C19H14N4O2.C6H12O/c1-15-3-2-4-21(29-15)23-22(27-14-28-23)16-5-6-20-17(11-16)12-18(13-26-20)24(30)31-19-7-9-25-10-8-19;1-11-3-2-4-16(23-11)18-17(21-10-22-18)12-5-6-15-13(7-12)8-14(9-20-15)19(24)25;7-6-4-2-1-3-5-6/h2-6,11-14,19,25H,7-10H2,1H3,(H,27,28);2-10H,1H3,(H,21,22)(H,24,25);6-7H,1-5H2. The molecule has 7 heterocycles. The van der Waals surface area contributed by atoms with Crippen LogP contribution in [0.4, 0.5) is 0 Å². The van der Waals surface area contributed by atoms with Crippen molar-refractivity contribution in [2.45, 2.75) is 71.0 Å². The van der Waals surface area contributed by atoms with E-state index in [1.54, 1.807) is 24.9 Å². The normalized spacial score (nSPS) is 14.3. The smallest absolute Gasteiger partial charge is 0.339 e. The van der Waals surface area contributed by atoms with Crippen LogP contribution in [0.25, 0.3) is 67.1 Å². The first-order valence-electron chi connectivity index (χ1n) is 21.3. The highest BCUT2D eigenvalue weighted by molar-refractivity contribution is 5.96. The number of benzene rings is 2. The maximum atomic E-state index is 12.6. The van der Waals surface area contributed by atoms with Gasteiger partial charge in [0.25, 0.3) is 0 Å². The molecule has 0 amide bonds. The zero-order valence-electron chi connectivity index (χ0n) is 35.2. The lowest BCUT2D eigenvalue weighted by atomic mass is 9.98. The van der Waals surface area contributed by atoms with Gasteiger partial charge in [-0.2, -0.15) is 0 Å². The van der Waals surface area contributed by atoms with Crippen LogP contribution in [0.2, 0.25) is 0 Å². The van der Waals surface area contributed by atoms with Gasteiger partial charge in [0.05, 0.1) is 75.1 Å². The highest BCUT2D eigenvalue weighted by atomic mass is 16.5. The van der Waals surface area contributed by atoms with Crippen LogP contribution in [0.5, 0.6) is 0 Å². The van der Waals surface area contributed by atoms with Gasteiger partial charge in [-0.1, -0.05) is 43.5 Å². The predicted octanol–water partition coefficient (Wildman–Crippen LogP) is 8.91. The molecule has 0 unspecified atom stereocenters. The Bertz CT molecular complexity index is 2860. The van der Waals surface area contributed by atoms with Gasteiger partial charge in [-0.15, -0.1) is 0 Å². The molecular formula is C49H49N9O5. The Morgan fingerprint density at radius 1 is 0.635 bits per heavy atom. The fourth-order valence-electron chi connectivity index (χ4n) is 7.78. The van der Waals surface area contributed by atoms with Crippen LogP contribution in [-0.2, 0) is 4.74 Å². The maximum Gasteiger partial charge on any atom is 0.339 e. The second kappa shape index (κ2) is 19.7. The van der Waals surface area contributed by atoms with Crippen molar-refractivity contribution < 1.29 is 24.5 Å². The third-order valence-corrected chi connectivity index (χ3v) is 11.1. The Morgan fingerprint density at radius 2 is 1.16 bits per heavy atom. The number of ether oxygens (including phenoxy) is 1. The van der Waals surface area contributed by atoms with Crippen LogP contribution < -0.4 is 5.32 Å². The monoisotopic (exact) mass is 843 g/mol. The fraction of sp³-hybridized carbons (Fsp3) is 0.265. The Hall–Kier alpha value is -7.16. The number of aliphatic hydroxyl groups excluding tert-OH is 1. The summed E-state index contributed by atoms with van der Waals surface area (Å²) in [5.41, 5.74) is 10.7. The van der Waals surface area contributed by atoms with E-state index in [1.165, 1.54) is 25.5 Å². The van der Waals surface area contributed by atoms with Gasteiger partial charge in [0.1, 0.15) is 6.10 Å². The summed E-state index contributed by atoms with van der Waals surface area (Å²) < 4.78 is 5.67. The first kappa shape index (κ1) is 42.5. The van der Waals surface area contributed by atoms with Gasteiger partial charge < -0.3 is 30.2 Å². The molecule has 320 valence electrons. The van der Waals surface area contributed by atoms with Crippen LogP contribution >= 0.6 is 0 Å². The highest BCUT2D eigenvalue weighted by Gasteiger charge is 2.20. The molecule has 1 saturated carbocycles. The van der Waals surface area contributed by atoms with E-state index in [4.69, 9.17) is 14.9 Å². The summed E-state index contributed by atoms with van der Waals surface area (Å²) in [6, 6.07) is 26.8. The van der Waals surface area contributed by atoms with E-state index in [1.807, 2.05) is 92.7 Å². The minimum absolute atomic E-state index is 0.0359. The van der Waals surface area contributed by atoms with E-state index in [-0.39, 0.29) is 23.7 Å². The van der Waals surface area contributed by atoms with Gasteiger partial charge in [-0.3, -0.25) is 19.9 Å². The largest absolute Gasteiger partial charge is 0.478 e. The number of aromatic nitrogens is 8. The molecule has 2 fully saturated rings. The summed E-state index contributed by atoms with van der Waals surface area (Å²) in [6.07, 6.45) is 13.8. The number of piperidine rings is 1. The minimum Gasteiger partial charge on any atom is -0.478 e. The predicted molar refractivity (Wildman–Crippen MR) is 242 cm³/mol. The average molecular weight is 844 g/mol. The molecule has 1 aliphatic heterocycles. The lowest BCUT2D eigenvalue weighted by Gasteiger charge is -2.22. The molecule has 0 spiro atoms. The molecular weight excluding hydrogens is 795 g/mol. The summed E-state index contributed by atoms with van der Waals surface area (Å²) in [6.45, 7) is 5.65. The van der Waals surface area contributed by atoms with E-state index >= 15 is 0 Å². The lowest BCUT2D eigenvalue weighted by molar-refractivity contribution is 0.0229. The number of imidazole rings is 2. The number of carbonyl (C=O) groups is 2. The number of pyridine rings is 4. The number of carboxylic acid groups (broad SMARTS) is 1. The van der Waals surface area contributed by atoms with E-state index < -0.39 is 5.97 Å². The number of aliphatic hydroxyl groups is 1. The van der Waals surface area contributed by atoms with Crippen molar-refractivity contribution in [1.82, 2.24) is 45.2 Å². The van der Waals surface area contributed by atoms with E-state index in [0.29, 0.717) is 5.56 Å². The van der Waals surface area contributed by atoms with E-state index in [2.05, 4.69) is 45.2 Å². The van der Waals surface area contributed by atoms with Gasteiger partial charge in [0.15, 0.2) is 0 Å². The SMILES string of the molecule is Cc1cccc(-c2[nH]cnc2-c2ccc3ncc(C(=O)O)cc3c2)n1.Cc1cccc(-c2[nH]cnc2-c2ccc3ncc(C(=O)OC4CCNCC4)cc3c2)n1.OC1CCCCC1. The maximum absolute atomic E-state index is 12.6. The number of carboxylic acids is 1. The number of aromatic carboxylic acids is 1.